The van der Waals surface area contributed by atoms with Crippen LogP contribution < -0.4 is 0 Å². The summed E-state index contributed by atoms with van der Waals surface area (Å²) in [4.78, 5) is 9.68. The lowest BCUT2D eigenvalue weighted by molar-refractivity contribution is 0.0678. The van der Waals surface area contributed by atoms with Crippen molar-refractivity contribution in [1.29, 1.82) is 0 Å². The number of hydrogen-bond donors (Lipinski definition) is 0. The van der Waals surface area contributed by atoms with Gasteiger partial charge in [0, 0.05) is 31.9 Å². The molecule has 1 saturated heterocycles. The predicted octanol–water partition coefficient (Wildman–Crippen LogP) is 4.81. The molecule has 5 rings (SSSR count). The van der Waals surface area contributed by atoms with Gasteiger partial charge in [-0.2, -0.15) is 0 Å². The molecular formula is C21H21N3O2S. The van der Waals surface area contributed by atoms with Crippen LogP contribution in [0.15, 0.2) is 42.5 Å². The van der Waals surface area contributed by atoms with Crippen molar-refractivity contribution in [2.24, 2.45) is 0 Å². The fraction of sp³-hybridized carbons (Fsp3) is 0.333. The fourth-order valence-corrected chi connectivity index (χ4v) is 4.82. The predicted molar refractivity (Wildman–Crippen MR) is 108 cm³/mol. The minimum atomic E-state index is 0.419. The number of aromatic nitrogens is 3. The highest BCUT2D eigenvalue weighted by Crippen LogP contribution is 2.34. The molecule has 0 radical (unpaired) electrons. The van der Waals surface area contributed by atoms with E-state index in [9.17, 15) is 0 Å². The second-order valence-corrected chi connectivity index (χ2v) is 7.90. The molecule has 0 amide bonds. The Labute approximate surface area is 161 Å². The van der Waals surface area contributed by atoms with Crippen molar-refractivity contribution in [3.8, 4) is 10.6 Å². The Balaban J connectivity index is 1.61. The highest BCUT2D eigenvalue weighted by molar-refractivity contribution is 7.21. The summed E-state index contributed by atoms with van der Waals surface area (Å²) in [5.74, 6) is 0.987. The first kappa shape index (κ1) is 16.9. The van der Waals surface area contributed by atoms with Gasteiger partial charge in [-0.25, -0.2) is 9.97 Å². The van der Waals surface area contributed by atoms with E-state index in [1.54, 1.807) is 18.4 Å². The molecule has 1 aliphatic rings. The summed E-state index contributed by atoms with van der Waals surface area (Å²) in [6.07, 6.45) is 2.03. The molecule has 3 heterocycles. The van der Waals surface area contributed by atoms with Crippen LogP contribution in [0.25, 0.3) is 31.8 Å². The van der Waals surface area contributed by atoms with E-state index in [-0.39, 0.29) is 0 Å². The third-order valence-corrected chi connectivity index (χ3v) is 6.22. The van der Waals surface area contributed by atoms with Crippen molar-refractivity contribution in [3.05, 3.63) is 48.3 Å². The highest BCUT2D eigenvalue weighted by atomic mass is 32.1. The van der Waals surface area contributed by atoms with E-state index in [0.29, 0.717) is 12.6 Å². The van der Waals surface area contributed by atoms with Crippen LogP contribution in [0.5, 0.6) is 0 Å². The number of rotatable bonds is 4. The van der Waals surface area contributed by atoms with Crippen molar-refractivity contribution in [1.82, 2.24) is 14.5 Å². The molecule has 1 aliphatic heterocycles. The van der Waals surface area contributed by atoms with Crippen LogP contribution in [0.3, 0.4) is 0 Å². The summed E-state index contributed by atoms with van der Waals surface area (Å²) in [6, 6.07) is 15.2. The van der Waals surface area contributed by atoms with E-state index in [1.165, 1.54) is 10.2 Å². The third-order valence-electron chi connectivity index (χ3n) is 5.13. The number of nitrogens with zero attached hydrogens (tertiary/aromatic N) is 3. The average Bonchev–Trinajstić information content (AvgIpc) is 3.29. The first-order valence-corrected chi connectivity index (χ1v) is 10.1. The van der Waals surface area contributed by atoms with Crippen LogP contribution in [0.1, 0.15) is 24.7 Å². The van der Waals surface area contributed by atoms with Gasteiger partial charge in [0.15, 0.2) is 0 Å². The summed E-state index contributed by atoms with van der Waals surface area (Å²) in [6.45, 7) is 2.13. The second-order valence-electron chi connectivity index (χ2n) is 6.86. The zero-order valence-electron chi connectivity index (χ0n) is 15.2. The van der Waals surface area contributed by atoms with Gasteiger partial charge in [0.1, 0.15) is 17.4 Å². The number of para-hydroxylation sites is 1. The Hall–Kier alpha value is -2.28. The molecule has 2 aromatic heterocycles. The number of imidazole rings is 1. The van der Waals surface area contributed by atoms with E-state index in [0.717, 1.165) is 53.5 Å². The lowest BCUT2D eigenvalue weighted by Gasteiger charge is -2.25. The molecule has 4 aromatic rings. The summed E-state index contributed by atoms with van der Waals surface area (Å²) in [7, 11) is 1.72. The molecule has 6 heteroatoms. The van der Waals surface area contributed by atoms with Gasteiger partial charge in [0.05, 0.1) is 21.3 Å². The van der Waals surface area contributed by atoms with E-state index >= 15 is 0 Å². The van der Waals surface area contributed by atoms with Crippen LogP contribution in [-0.4, -0.2) is 34.9 Å². The second kappa shape index (κ2) is 7.03. The van der Waals surface area contributed by atoms with E-state index < -0.39 is 0 Å². The standard InChI is InChI=1S/C21H21N3O2S/c1-25-13-20-22-17-12-14(21-23-16-4-2-3-5-19(16)27-21)6-7-18(17)24(20)15-8-10-26-11-9-15/h2-7,12,15H,8-11,13H2,1H3. The Morgan fingerprint density at radius 3 is 2.78 bits per heavy atom. The summed E-state index contributed by atoms with van der Waals surface area (Å²) in [5, 5.41) is 1.03. The molecular weight excluding hydrogens is 358 g/mol. The Kier molecular flexibility index (Phi) is 4.39. The lowest BCUT2D eigenvalue weighted by Crippen LogP contribution is -2.21. The minimum Gasteiger partial charge on any atom is -0.381 e. The van der Waals surface area contributed by atoms with Gasteiger partial charge >= 0.3 is 0 Å². The topological polar surface area (TPSA) is 49.2 Å². The SMILES string of the molecule is COCc1nc2cc(-c3nc4ccccc4s3)ccc2n1C1CCOCC1. The molecule has 0 N–H and O–H groups in total. The number of benzene rings is 2. The maximum absolute atomic E-state index is 5.54. The zero-order chi connectivity index (χ0) is 18.2. The molecule has 0 unspecified atom stereocenters. The van der Waals surface area contributed by atoms with Crippen molar-refractivity contribution < 1.29 is 9.47 Å². The smallest absolute Gasteiger partial charge is 0.136 e. The Morgan fingerprint density at radius 2 is 1.96 bits per heavy atom. The largest absolute Gasteiger partial charge is 0.381 e. The van der Waals surface area contributed by atoms with E-state index in [2.05, 4.69) is 41.0 Å². The van der Waals surface area contributed by atoms with Gasteiger partial charge in [-0.15, -0.1) is 11.3 Å². The van der Waals surface area contributed by atoms with Gasteiger partial charge < -0.3 is 14.0 Å². The number of hydrogen-bond acceptors (Lipinski definition) is 5. The van der Waals surface area contributed by atoms with Crippen LogP contribution in [0, 0.1) is 0 Å². The van der Waals surface area contributed by atoms with Gasteiger partial charge in [-0.1, -0.05) is 12.1 Å². The van der Waals surface area contributed by atoms with Gasteiger partial charge in [-0.3, -0.25) is 0 Å². The molecule has 27 heavy (non-hydrogen) atoms. The molecule has 1 fully saturated rings. The van der Waals surface area contributed by atoms with Crippen LogP contribution in [0.2, 0.25) is 0 Å². The third kappa shape index (κ3) is 3.04. The molecule has 5 nitrogen and oxygen atoms in total. The van der Waals surface area contributed by atoms with Gasteiger partial charge in [0.25, 0.3) is 0 Å². The fourth-order valence-electron chi connectivity index (χ4n) is 3.86. The van der Waals surface area contributed by atoms with Crippen molar-refractivity contribution in [2.75, 3.05) is 20.3 Å². The number of thiazole rings is 1. The Morgan fingerprint density at radius 1 is 1.11 bits per heavy atom. The maximum Gasteiger partial charge on any atom is 0.136 e. The highest BCUT2D eigenvalue weighted by Gasteiger charge is 2.22. The molecule has 0 atom stereocenters. The van der Waals surface area contributed by atoms with E-state index in [4.69, 9.17) is 19.4 Å². The lowest BCUT2D eigenvalue weighted by atomic mass is 10.1. The summed E-state index contributed by atoms with van der Waals surface area (Å²) >= 11 is 1.72. The normalized spacial score (nSPS) is 15.7. The molecule has 0 bridgehead atoms. The van der Waals surface area contributed by atoms with Crippen molar-refractivity contribution in [2.45, 2.75) is 25.5 Å². The van der Waals surface area contributed by atoms with Gasteiger partial charge in [0.2, 0.25) is 0 Å². The van der Waals surface area contributed by atoms with E-state index in [1.807, 2.05) is 6.07 Å². The van der Waals surface area contributed by atoms with Crippen LogP contribution in [0.4, 0.5) is 0 Å². The molecule has 0 aliphatic carbocycles. The Bertz CT molecular complexity index is 1060. The quantitative estimate of drug-likeness (QED) is 0.510. The number of methoxy groups -OCH3 is 1. The summed E-state index contributed by atoms with van der Waals surface area (Å²) in [5.41, 5.74) is 4.33. The molecule has 0 spiro atoms. The first-order valence-electron chi connectivity index (χ1n) is 9.27. The molecule has 2 aromatic carbocycles. The maximum atomic E-state index is 5.54. The van der Waals surface area contributed by atoms with Crippen LogP contribution in [-0.2, 0) is 16.1 Å². The monoisotopic (exact) mass is 379 g/mol. The van der Waals surface area contributed by atoms with Gasteiger partial charge in [-0.05, 0) is 43.2 Å². The number of fused-ring (bicyclic) bond motifs is 2. The van der Waals surface area contributed by atoms with Crippen molar-refractivity contribution in [3.63, 3.8) is 0 Å². The molecule has 0 saturated carbocycles. The zero-order valence-corrected chi connectivity index (χ0v) is 16.0. The summed E-state index contributed by atoms with van der Waals surface area (Å²) < 4.78 is 14.5. The van der Waals surface area contributed by atoms with Crippen molar-refractivity contribution >= 4 is 32.6 Å². The first-order chi connectivity index (χ1) is 13.3. The number of ether oxygens (including phenoxy) is 2. The van der Waals surface area contributed by atoms with Crippen LogP contribution >= 0.6 is 11.3 Å². The molecule has 138 valence electrons. The average molecular weight is 379 g/mol. The minimum absolute atomic E-state index is 0.419.